The number of aromatic nitrogens is 1. The highest BCUT2D eigenvalue weighted by atomic mass is 32.1. The molecule has 0 spiro atoms. The van der Waals surface area contributed by atoms with E-state index in [4.69, 9.17) is 9.47 Å². The minimum absolute atomic E-state index is 0.0537. The summed E-state index contributed by atoms with van der Waals surface area (Å²) >= 11 is 1.25. The fraction of sp³-hybridized carbons (Fsp3) is 0.389. The molecule has 0 fully saturated rings. The molecule has 134 valence electrons. The van der Waals surface area contributed by atoms with Crippen molar-refractivity contribution >= 4 is 23.2 Å². The highest BCUT2D eigenvalue weighted by molar-refractivity contribution is 7.17. The fourth-order valence-corrected chi connectivity index (χ4v) is 3.02. The maximum absolute atomic E-state index is 12.2. The number of hydrogen-bond donors (Lipinski definition) is 1. The number of nitrogens with one attached hydrogen (secondary N) is 1. The maximum Gasteiger partial charge on any atom is 0.350 e. The number of methoxy groups -OCH3 is 1. The molecule has 0 saturated carbocycles. The zero-order valence-corrected chi connectivity index (χ0v) is 15.6. The van der Waals surface area contributed by atoms with E-state index in [2.05, 4.69) is 10.3 Å². The SMILES string of the molecule is CC[C@@H](C)NC(=O)COC(=O)c1sc(-c2ccc(OC)cc2)nc1C. The summed E-state index contributed by atoms with van der Waals surface area (Å²) in [5, 5.41) is 3.47. The number of esters is 1. The minimum atomic E-state index is -0.533. The minimum Gasteiger partial charge on any atom is -0.497 e. The van der Waals surface area contributed by atoms with E-state index in [9.17, 15) is 9.59 Å². The van der Waals surface area contributed by atoms with Crippen molar-refractivity contribution in [2.75, 3.05) is 13.7 Å². The van der Waals surface area contributed by atoms with Crippen LogP contribution in [-0.2, 0) is 9.53 Å². The molecule has 2 aromatic rings. The summed E-state index contributed by atoms with van der Waals surface area (Å²) < 4.78 is 10.2. The molecular weight excluding hydrogens is 340 g/mol. The number of ether oxygens (including phenoxy) is 2. The Morgan fingerprint density at radius 3 is 2.56 bits per heavy atom. The lowest BCUT2D eigenvalue weighted by molar-refractivity contribution is -0.124. The summed E-state index contributed by atoms with van der Waals surface area (Å²) in [6, 6.07) is 7.49. The molecule has 1 N–H and O–H groups in total. The molecule has 7 heteroatoms. The molecule has 0 bridgehead atoms. The molecule has 0 aliphatic rings. The summed E-state index contributed by atoms with van der Waals surface area (Å²) in [5.74, 6) is -0.0849. The van der Waals surface area contributed by atoms with E-state index in [0.717, 1.165) is 22.7 Å². The number of benzene rings is 1. The van der Waals surface area contributed by atoms with Crippen LogP contribution in [0.2, 0.25) is 0 Å². The number of hydrogen-bond acceptors (Lipinski definition) is 6. The van der Waals surface area contributed by atoms with Crippen molar-refractivity contribution in [3.8, 4) is 16.3 Å². The van der Waals surface area contributed by atoms with Gasteiger partial charge in [-0.05, 0) is 44.5 Å². The Labute approximate surface area is 151 Å². The zero-order chi connectivity index (χ0) is 18.4. The van der Waals surface area contributed by atoms with Crippen LogP contribution in [0, 0.1) is 6.92 Å². The average molecular weight is 362 g/mol. The van der Waals surface area contributed by atoms with E-state index in [1.54, 1.807) is 14.0 Å². The molecular formula is C18H22N2O4S. The molecule has 0 saturated heterocycles. The van der Waals surface area contributed by atoms with Gasteiger partial charge in [-0.2, -0.15) is 0 Å². The van der Waals surface area contributed by atoms with E-state index >= 15 is 0 Å². The number of thiazole rings is 1. The van der Waals surface area contributed by atoms with Crippen molar-refractivity contribution in [3.05, 3.63) is 34.8 Å². The summed E-state index contributed by atoms with van der Waals surface area (Å²) in [5.41, 5.74) is 1.48. The molecule has 0 unspecified atom stereocenters. The fourth-order valence-electron chi connectivity index (χ4n) is 2.06. The smallest absolute Gasteiger partial charge is 0.350 e. The van der Waals surface area contributed by atoms with Crippen LogP contribution >= 0.6 is 11.3 Å². The van der Waals surface area contributed by atoms with Gasteiger partial charge in [0, 0.05) is 11.6 Å². The molecule has 1 heterocycles. The molecule has 0 radical (unpaired) electrons. The van der Waals surface area contributed by atoms with Crippen LogP contribution in [0.4, 0.5) is 0 Å². The third-order valence-corrected chi connectivity index (χ3v) is 4.86. The predicted octanol–water partition coefficient (Wildman–Crippen LogP) is 3.20. The van der Waals surface area contributed by atoms with Crippen LogP contribution in [-0.4, -0.2) is 36.6 Å². The largest absolute Gasteiger partial charge is 0.497 e. The topological polar surface area (TPSA) is 77.5 Å². The molecule has 1 amide bonds. The molecule has 1 aromatic carbocycles. The van der Waals surface area contributed by atoms with Crippen molar-refractivity contribution < 1.29 is 19.1 Å². The van der Waals surface area contributed by atoms with Gasteiger partial charge in [0.05, 0.1) is 12.8 Å². The molecule has 25 heavy (non-hydrogen) atoms. The van der Waals surface area contributed by atoms with Gasteiger partial charge >= 0.3 is 5.97 Å². The van der Waals surface area contributed by atoms with Gasteiger partial charge in [-0.1, -0.05) is 6.92 Å². The number of carbonyl (C=O) groups excluding carboxylic acids is 2. The third kappa shape index (κ3) is 5.03. The quantitative estimate of drug-likeness (QED) is 0.766. The number of rotatable bonds is 7. The predicted molar refractivity (Wildman–Crippen MR) is 97.0 cm³/mol. The van der Waals surface area contributed by atoms with Gasteiger partial charge in [0.2, 0.25) is 0 Å². The molecule has 0 aliphatic heterocycles. The van der Waals surface area contributed by atoms with E-state index in [-0.39, 0.29) is 18.6 Å². The van der Waals surface area contributed by atoms with Crippen molar-refractivity contribution in [2.24, 2.45) is 0 Å². The average Bonchev–Trinajstić information content (AvgIpc) is 3.01. The van der Waals surface area contributed by atoms with Gasteiger partial charge < -0.3 is 14.8 Å². The molecule has 1 atom stereocenters. The van der Waals surface area contributed by atoms with Crippen LogP contribution in [0.5, 0.6) is 5.75 Å². The first-order valence-electron chi connectivity index (χ1n) is 8.03. The van der Waals surface area contributed by atoms with E-state index in [1.165, 1.54) is 11.3 Å². The lowest BCUT2D eigenvalue weighted by Crippen LogP contribution is -2.35. The Bertz CT molecular complexity index is 740. The number of amides is 1. The van der Waals surface area contributed by atoms with Crippen LogP contribution in [0.3, 0.4) is 0 Å². The lowest BCUT2D eigenvalue weighted by Gasteiger charge is -2.11. The molecule has 1 aromatic heterocycles. The zero-order valence-electron chi connectivity index (χ0n) is 14.8. The standard InChI is InChI=1S/C18H22N2O4S/c1-5-11(2)19-15(21)10-24-18(22)16-12(3)20-17(25-16)13-6-8-14(23-4)9-7-13/h6-9,11H,5,10H2,1-4H3,(H,19,21)/t11-/m1/s1. The second-order valence-electron chi connectivity index (χ2n) is 5.61. The first-order valence-corrected chi connectivity index (χ1v) is 8.84. The van der Waals surface area contributed by atoms with Crippen LogP contribution < -0.4 is 10.1 Å². The van der Waals surface area contributed by atoms with Gasteiger partial charge in [-0.15, -0.1) is 11.3 Å². The highest BCUT2D eigenvalue weighted by Gasteiger charge is 2.19. The van der Waals surface area contributed by atoms with Gasteiger partial charge in [-0.25, -0.2) is 9.78 Å². The van der Waals surface area contributed by atoms with Gasteiger partial charge in [-0.3, -0.25) is 4.79 Å². The van der Waals surface area contributed by atoms with E-state index in [0.29, 0.717) is 10.6 Å². The Morgan fingerprint density at radius 1 is 1.28 bits per heavy atom. The van der Waals surface area contributed by atoms with Crippen LogP contribution in [0.15, 0.2) is 24.3 Å². The molecule has 0 aliphatic carbocycles. The first kappa shape index (κ1) is 18.9. The maximum atomic E-state index is 12.2. The Hall–Kier alpha value is -2.41. The van der Waals surface area contributed by atoms with Crippen LogP contribution in [0.1, 0.15) is 35.6 Å². The molecule has 6 nitrogen and oxygen atoms in total. The van der Waals surface area contributed by atoms with Gasteiger partial charge in [0.15, 0.2) is 6.61 Å². The monoisotopic (exact) mass is 362 g/mol. The van der Waals surface area contributed by atoms with E-state index in [1.807, 2.05) is 38.1 Å². The van der Waals surface area contributed by atoms with Crippen molar-refractivity contribution in [1.82, 2.24) is 10.3 Å². The Kier molecular flexibility index (Phi) is 6.52. The summed E-state index contributed by atoms with van der Waals surface area (Å²) in [6.45, 7) is 5.32. The number of carbonyl (C=O) groups is 2. The first-order chi connectivity index (χ1) is 11.9. The second-order valence-corrected chi connectivity index (χ2v) is 6.61. The molecule has 2 rings (SSSR count). The summed E-state index contributed by atoms with van der Waals surface area (Å²) in [7, 11) is 1.61. The lowest BCUT2D eigenvalue weighted by atomic mass is 10.2. The van der Waals surface area contributed by atoms with Gasteiger partial charge in [0.25, 0.3) is 5.91 Å². The van der Waals surface area contributed by atoms with Gasteiger partial charge in [0.1, 0.15) is 15.6 Å². The third-order valence-electron chi connectivity index (χ3n) is 3.67. The van der Waals surface area contributed by atoms with Crippen molar-refractivity contribution in [1.29, 1.82) is 0 Å². The Balaban J connectivity index is 2.03. The number of aryl methyl sites for hydroxylation is 1. The Morgan fingerprint density at radius 2 is 1.96 bits per heavy atom. The second kappa shape index (κ2) is 8.62. The van der Waals surface area contributed by atoms with Crippen LogP contribution in [0.25, 0.3) is 10.6 Å². The normalized spacial score (nSPS) is 11.7. The van der Waals surface area contributed by atoms with Crippen molar-refractivity contribution in [3.63, 3.8) is 0 Å². The highest BCUT2D eigenvalue weighted by Crippen LogP contribution is 2.29. The summed E-state index contributed by atoms with van der Waals surface area (Å²) in [6.07, 6.45) is 0.818. The van der Waals surface area contributed by atoms with Crippen molar-refractivity contribution in [2.45, 2.75) is 33.2 Å². The number of nitrogens with zero attached hydrogens (tertiary/aromatic N) is 1. The summed E-state index contributed by atoms with van der Waals surface area (Å²) in [4.78, 5) is 28.8. The van der Waals surface area contributed by atoms with E-state index < -0.39 is 5.97 Å².